The summed E-state index contributed by atoms with van der Waals surface area (Å²) < 4.78 is 11.6. The molecule has 0 bridgehead atoms. The average molecular weight is 371 g/mol. The second-order valence-corrected chi connectivity index (χ2v) is 7.89. The Morgan fingerprint density at radius 1 is 1.15 bits per heavy atom. The lowest BCUT2D eigenvalue weighted by Gasteiger charge is -2.36. The van der Waals surface area contributed by atoms with Crippen molar-refractivity contribution in [3.8, 4) is 0 Å². The van der Waals surface area contributed by atoms with Crippen LogP contribution in [0.25, 0.3) is 0 Å². The van der Waals surface area contributed by atoms with E-state index in [1.165, 1.54) is 6.07 Å². The highest BCUT2D eigenvalue weighted by molar-refractivity contribution is 5.84. The largest absolute Gasteiger partial charge is 0.475 e. The van der Waals surface area contributed by atoms with Gasteiger partial charge in [-0.1, -0.05) is 45.0 Å². The average Bonchev–Trinajstić information content (AvgIpc) is 3.26. The van der Waals surface area contributed by atoms with E-state index in [9.17, 15) is 14.7 Å². The predicted octanol–water partition coefficient (Wildman–Crippen LogP) is 3.44. The molecule has 144 valence electrons. The first-order valence-electron chi connectivity index (χ1n) is 8.97. The van der Waals surface area contributed by atoms with Gasteiger partial charge in [0.2, 0.25) is 11.7 Å². The van der Waals surface area contributed by atoms with Crippen molar-refractivity contribution in [2.24, 2.45) is 0 Å². The molecule has 1 fully saturated rings. The molecule has 1 saturated heterocycles. The molecule has 0 radical (unpaired) electrons. The molecular formula is C21H25NO5. The predicted molar refractivity (Wildman–Crippen MR) is 99.8 cm³/mol. The number of hydrogen-bond donors (Lipinski definition) is 2. The van der Waals surface area contributed by atoms with Crippen LogP contribution in [0, 0.1) is 0 Å². The van der Waals surface area contributed by atoms with Gasteiger partial charge in [0.1, 0.15) is 5.76 Å². The van der Waals surface area contributed by atoms with E-state index in [1.54, 1.807) is 13.2 Å². The van der Waals surface area contributed by atoms with Crippen LogP contribution in [0.1, 0.15) is 61.1 Å². The van der Waals surface area contributed by atoms with Crippen molar-refractivity contribution >= 4 is 11.9 Å². The van der Waals surface area contributed by atoms with Gasteiger partial charge in [0.25, 0.3) is 0 Å². The first-order chi connectivity index (χ1) is 12.7. The smallest absolute Gasteiger partial charge is 0.371 e. The molecule has 6 heteroatoms. The van der Waals surface area contributed by atoms with E-state index in [-0.39, 0.29) is 23.1 Å². The van der Waals surface area contributed by atoms with Crippen molar-refractivity contribution in [2.45, 2.75) is 50.7 Å². The number of aromatic carboxylic acids is 1. The van der Waals surface area contributed by atoms with E-state index < -0.39 is 11.6 Å². The Morgan fingerprint density at radius 3 is 2.22 bits per heavy atom. The van der Waals surface area contributed by atoms with E-state index in [4.69, 9.17) is 9.15 Å². The van der Waals surface area contributed by atoms with Gasteiger partial charge < -0.3 is 19.6 Å². The van der Waals surface area contributed by atoms with Gasteiger partial charge in [0.05, 0.1) is 6.04 Å². The normalized spacial score (nSPS) is 19.6. The summed E-state index contributed by atoms with van der Waals surface area (Å²) in [6.45, 7) is 6.40. The highest BCUT2D eigenvalue weighted by Gasteiger charge is 2.48. The number of carbonyl (C=O) groups excluding carboxylic acids is 1. The molecule has 1 aromatic heterocycles. The molecule has 1 amide bonds. The number of ether oxygens (including phenoxy) is 1. The number of carboxylic acids is 1. The van der Waals surface area contributed by atoms with E-state index in [0.29, 0.717) is 18.6 Å². The minimum atomic E-state index is -1.15. The summed E-state index contributed by atoms with van der Waals surface area (Å²) >= 11 is 0. The van der Waals surface area contributed by atoms with Crippen LogP contribution in [-0.2, 0) is 20.5 Å². The molecule has 1 aromatic carbocycles. The minimum absolute atomic E-state index is 0.00298. The lowest BCUT2D eigenvalue weighted by Crippen LogP contribution is -2.48. The number of nitrogens with one attached hydrogen (secondary N) is 1. The van der Waals surface area contributed by atoms with Gasteiger partial charge in [-0.15, -0.1) is 0 Å². The van der Waals surface area contributed by atoms with Crippen LogP contribution in [0.15, 0.2) is 40.8 Å². The summed E-state index contributed by atoms with van der Waals surface area (Å²) in [5.74, 6) is -1.01. The molecule has 27 heavy (non-hydrogen) atoms. The molecule has 1 aliphatic heterocycles. The van der Waals surface area contributed by atoms with Gasteiger partial charge in [-0.25, -0.2) is 4.79 Å². The fourth-order valence-corrected chi connectivity index (χ4v) is 3.67. The number of hydrogen-bond acceptors (Lipinski definition) is 4. The Balaban J connectivity index is 2.14. The van der Waals surface area contributed by atoms with Crippen molar-refractivity contribution in [1.29, 1.82) is 0 Å². The number of carbonyl (C=O) groups is 2. The highest BCUT2D eigenvalue weighted by atomic mass is 16.5. The molecule has 2 atom stereocenters. The molecule has 2 N–H and O–H groups in total. The number of amides is 1. The third-order valence-corrected chi connectivity index (χ3v) is 5.17. The third-order valence-electron chi connectivity index (χ3n) is 5.17. The molecular weight excluding hydrogens is 346 g/mol. The summed E-state index contributed by atoms with van der Waals surface area (Å²) in [6, 6.07) is 10.6. The Morgan fingerprint density at radius 2 is 1.78 bits per heavy atom. The van der Waals surface area contributed by atoms with E-state index in [2.05, 4.69) is 26.1 Å². The molecule has 2 aromatic rings. The Bertz CT molecular complexity index is 846. The monoisotopic (exact) mass is 371 g/mol. The van der Waals surface area contributed by atoms with Crippen LogP contribution >= 0.6 is 0 Å². The van der Waals surface area contributed by atoms with Crippen LogP contribution in [0.4, 0.5) is 0 Å². The Hall–Kier alpha value is -2.60. The van der Waals surface area contributed by atoms with E-state index >= 15 is 0 Å². The first kappa shape index (κ1) is 19.2. The maximum absolute atomic E-state index is 11.9. The zero-order chi connectivity index (χ0) is 19.8. The summed E-state index contributed by atoms with van der Waals surface area (Å²) in [5.41, 5.74) is 0.863. The summed E-state index contributed by atoms with van der Waals surface area (Å²) in [5, 5.41) is 12.2. The molecule has 0 saturated carbocycles. The van der Waals surface area contributed by atoms with Gasteiger partial charge in [0, 0.05) is 13.5 Å². The molecule has 0 spiro atoms. The maximum atomic E-state index is 11.9. The lowest BCUT2D eigenvalue weighted by atomic mass is 9.80. The fraction of sp³-hybridized carbons (Fsp3) is 0.429. The third kappa shape index (κ3) is 3.37. The SMILES string of the molecule is CO[C@@](c1ccc(C(C)(C)C)cc1)(c1ccc(C(=O)O)o1)C1CCC(=O)N1. The van der Waals surface area contributed by atoms with Crippen molar-refractivity contribution in [1.82, 2.24) is 5.32 Å². The summed E-state index contributed by atoms with van der Waals surface area (Å²) in [7, 11) is 1.55. The van der Waals surface area contributed by atoms with Gasteiger partial charge in [-0.2, -0.15) is 0 Å². The topological polar surface area (TPSA) is 88.8 Å². The lowest BCUT2D eigenvalue weighted by molar-refractivity contribution is -0.120. The Labute approximate surface area is 158 Å². The number of rotatable bonds is 5. The van der Waals surface area contributed by atoms with Gasteiger partial charge >= 0.3 is 5.97 Å². The number of methoxy groups -OCH3 is 1. The second kappa shape index (κ2) is 6.85. The minimum Gasteiger partial charge on any atom is -0.475 e. The molecule has 3 rings (SSSR count). The van der Waals surface area contributed by atoms with Crippen LogP contribution in [0.3, 0.4) is 0 Å². The highest BCUT2D eigenvalue weighted by Crippen LogP contribution is 2.41. The zero-order valence-corrected chi connectivity index (χ0v) is 16.0. The van der Waals surface area contributed by atoms with Crippen LogP contribution < -0.4 is 5.32 Å². The van der Waals surface area contributed by atoms with E-state index in [1.807, 2.05) is 24.3 Å². The Kier molecular flexibility index (Phi) is 4.86. The van der Waals surface area contributed by atoms with Crippen molar-refractivity contribution in [2.75, 3.05) is 7.11 Å². The first-order valence-corrected chi connectivity index (χ1v) is 8.97. The number of carboxylic acid groups (broad SMARTS) is 1. The molecule has 2 heterocycles. The quantitative estimate of drug-likeness (QED) is 0.840. The zero-order valence-electron chi connectivity index (χ0n) is 16.0. The maximum Gasteiger partial charge on any atom is 0.371 e. The van der Waals surface area contributed by atoms with Crippen LogP contribution in [-0.4, -0.2) is 30.1 Å². The molecule has 1 unspecified atom stereocenters. The fourth-order valence-electron chi connectivity index (χ4n) is 3.67. The summed E-state index contributed by atoms with van der Waals surface area (Å²) in [4.78, 5) is 23.2. The molecule has 0 aliphatic carbocycles. The van der Waals surface area contributed by atoms with Crippen molar-refractivity contribution < 1.29 is 23.8 Å². The van der Waals surface area contributed by atoms with Crippen molar-refractivity contribution in [3.63, 3.8) is 0 Å². The van der Waals surface area contributed by atoms with Crippen LogP contribution in [0.5, 0.6) is 0 Å². The molecule has 1 aliphatic rings. The van der Waals surface area contributed by atoms with E-state index in [0.717, 1.165) is 11.1 Å². The summed E-state index contributed by atoms with van der Waals surface area (Å²) in [6.07, 6.45) is 0.957. The van der Waals surface area contributed by atoms with Gasteiger partial charge in [-0.3, -0.25) is 4.79 Å². The molecule has 6 nitrogen and oxygen atoms in total. The van der Waals surface area contributed by atoms with Crippen molar-refractivity contribution in [3.05, 3.63) is 59.0 Å². The van der Waals surface area contributed by atoms with Gasteiger partial charge in [0.15, 0.2) is 5.60 Å². The second-order valence-electron chi connectivity index (χ2n) is 7.89. The number of furan rings is 1. The number of benzene rings is 1. The van der Waals surface area contributed by atoms with Gasteiger partial charge in [-0.05, 0) is 35.1 Å². The standard InChI is InChI=1S/C21H25NO5/c1-20(2,3)13-5-7-14(8-6-13)21(26-4,16-10-12-18(23)22-16)17-11-9-15(27-17)19(24)25/h5-9,11,16H,10,12H2,1-4H3,(H,22,23)(H,24,25)/t16?,21-/m1/s1. The van der Waals surface area contributed by atoms with Crippen LogP contribution in [0.2, 0.25) is 0 Å².